The zero-order valence-corrected chi connectivity index (χ0v) is 18.6. The highest BCUT2D eigenvalue weighted by atomic mass is 35.5. The lowest BCUT2D eigenvalue weighted by atomic mass is 10.1. The van der Waals surface area contributed by atoms with Crippen LogP contribution in [0.5, 0.6) is 0 Å². The summed E-state index contributed by atoms with van der Waals surface area (Å²) in [7, 11) is 0. The number of rotatable bonds is 5. The van der Waals surface area contributed by atoms with Crippen molar-refractivity contribution in [3.63, 3.8) is 0 Å². The van der Waals surface area contributed by atoms with Crippen LogP contribution in [0.15, 0.2) is 71.4 Å². The minimum absolute atomic E-state index is 0.167. The molecule has 158 valence electrons. The molecule has 0 amide bonds. The van der Waals surface area contributed by atoms with E-state index in [1.165, 1.54) is 0 Å². The van der Waals surface area contributed by atoms with E-state index in [1.54, 1.807) is 36.5 Å². The number of hydrogen-bond acceptors (Lipinski definition) is 5. The summed E-state index contributed by atoms with van der Waals surface area (Å²) < 4.78 is 7.06. The van der Waals surface area contributed by atoms with Gasteiger partial charge in [0, 0.05) is 21.6 Å². The SMILES string of the molecule is O=C(c1nc(-c2ccccn2)no1)c1c(Cl)n(Cc2ccc(Cl)cc2Cl)c2ccccc12. The number of halogens is 3. The van der Waals surface area contributed by atoms with E-state index in [9.17, 15) is 4.79 Å². The van der Waals surface area contributed by atoms with Gasteiger partial charge in [-0.2, -0.15) is 4.98 Å². The number of pyridine rings is 1. The molecule has 0 atom stereocenters. The first-order chi connectivity index (χ1) is 15.5. The van der Waals surface area contributed by atoms with E-state index < -0.39 is 5.78 Å². The summed E-state index contributed by atoms with van der Waals surface area (Å²) >= 11 is 19.1. The second-order valence-corrected chi connectivity index (χ2v) is 8.17. The molecule has 0 unspecified atom stereocenters. The minimum atomic E-state index is -0.471. The van der Waals surface area contributed by atoms with Crippen LogP contribution in [-0.4, -0.2) is 25.5 Å². The first-order valence-electron chi connectivity index (χ1n) is 9.53. The summed E-state index contributed by atoms with van der Waals surface area (Å²) in [5.74, 6) is -0.413. The molecule has 0 spiro atoms. The number of carbonyl (C=O) groups excluding carboxylic acids is 1. The number of aromatic nitrogens is 4. The van der Waals surface area contributed by atoms with E-state index in [0.29, 0.717) is 27.7 Å². The summed E-state index contributed by atoms with van der Waals surface area (Å²) in [6, 6.07) is 18.0. The number of ketones is 1. The third-order valence-electron chi connectivity index (χ3n) is 4.99. The van der Waals surface area contributed by atoms with Crippen molar-refractivity contribution in [1.82, 2.24) is 19.7 Å². The Morgan fingerprint density at radius 2 is 1.81 bits per heavy atom. The van der Waals surface area contributed by atoms with Crippen LogP contribution in [0.1, 0.15) is 21.8 Å². The molecule has 2 aromatic carbocycles. The van der Waals surface area contributed by atoms with E-state index in [0.717, 1.165) is 11.1 Å². The first kappa shape index (κ1) is 20.7. The van der Waals surface area contributed by atoms with Gasteiger partial charge in [-0.1, -0.05) is 70.3 Å². The van der Waals surface area contributed by atoms with Crippen molar-refractivity contribution in [3.8, 4) is 11.5 Å². The van der Waals surface area contributed by atoms with Crippen molar-refractivity contribution in [3.05, 3.63) is 99.1 Å². The highest BCUT2D eigenvalue weighted by Gasteiger charge is 2.27. The molecule has 0 saturated carbocycles. The number of para-hydroxylation sites is 1. The van der Waals surface area contributed by atoms with Gasteiger partial charge in [0.25, 0.3) is 11.7 Å². The van der Waals surface area contributed by atoms with Crippen LogP contribution in [-0.2, 0) is 6.54 Å². The fraction of sp³-hybridized carbons (Fsp3) is 0.0435. The maximum absolute atomic E-state index is 13.3. The Labute approximate surface area is 197 Å². The molecule has 0 aliphatic rings. The van der Waals surface area contributed by atoms with Crippen molar-refractivity contribution in [1.29, 1.82) is 0 Å². The van der Waals surface area contributed by atoms with Gasteiger partial charge in [-0.05, 0) is 35.9 Å². The topological polar surface area (TPSA) is 73.8 Å². The minimum Gasteiger partial charge on any atom is -0.330 e. The van der Waals surface area contributed by atoms with Crippen LogP contribution >= 0.6 is 34.8 Å². The van der Waals surface area contributed by atoms with Crippen LogP contribution in [0.4, 0.5) is 0 Å². The Hall–Kier alpha value is -3.19. The number of carbonyl (C=O) groups is 1. The standard InChI is InChI=1S/C23H13Cl3N4O2/c24-14-9-8-13(16(25)11-14)12-30-18-7-2-1-5-15(18)19(21(30)26)20(31)23-28-22(29-32-23)17-6-3-4-10-27-17/h1-11H,12H2. The van der Waals surface area contributed by atoms with Gasteiger partial charge in [0.2, 0.25) is 5.82 Å². The molecule has 5 rings (SSSR count). The van der Waals surface area contributed by atoms with Gasteiger partial charge in [-0.25, -0.2) is 0 Å². The predicted molar refractivity (Wildman–Crippen MR) is 123 cm³/mol. The number of benzene rings is 2. The smallest absolute Gasteiger partial charge is 0.299 e. The van der Waals surface area contributed by atoms with Gasteiger partial charge in [-0.15, -0.1) is 0 Å². The third kappa shape index (κ3) is 3.66. The fourth-order valence-electron chi connectivity index (χ4n) is 3.48. The lowest BCUT2D eigenvalue weighted by molar-refractivity contribution is 0.0995. The van der Waals surface area contributed by atoms with Gasteiger partial charge in [0.15, 0.2) is 0 Å². The molecule has 0 N–H and O–H groups in total. The zero-order valence-electron chi connectivity index (χ0n) is 16.3. The Morgan fingerprint density at radius 1 is 1.00 bits per heavy atom. The Morgan fingerprint density at radius 3 is 2.59 bits per heavy atom. The van der Waals surface area contributed by atoms with E-state index in [2.05, 4.69) is 15.1 Å². The maximum Gasteiger partial charge on any atom is 0.299 e. The van der Waals surface area contributed by atoms with Gasteiger partial charge in [0.05, 0.1) is 17.6 Å². The second-order valence-electron chi connectivity index (χ2n) is 6.97. The Kier molecular flexibility index (Phi) is 5.43. The van der Waals surface area contributed by atoms with Crippen molar-refractivity contribution in [2.75, 3.05) is 0 Å². The molecule has 3 aromatic heterocycles. The average Bonchev–Trinajstić information content (AvgIpc) is 3.40. The molecule has 9 heteroatoms. The largest absolute Gasteiger partial charge is 0.330 e. The molecule has 32 heavy (non-hydrogen) atoms. The Balaban J connectivity index is 1.58. The molecule has 0 bridgehead atoms. The van der Waals surface area contributed by atoms with Crippen LogP contribution in [0.25, 0.3) is 22.4 Å². The maximum atomic E-state index is 13.3. The first-order valence-corrected chi connectivity index (χ1v) is 10.7. The molecule has 5 aromatic rings. The second kappa shape index (κ2) is 8.39. The summed E-state index contributed by atoms with van der Waals surface area (Å²) in [6.45, 7) is 0.353. The van der Waals surface area contributed by atoms with Crippen molar-refractivity contribution in [2.24, 2.45) is 0 Å². The lowest BCUT2D eigenvalue weighted by Gasteiger charge is -2.09. The monoisotopic (exact) mass is 482 g/mol. The molecular weight excluding hydrogens is 471 g/mol. The number of fused-ring (bicyclic) bond motifs is 1. The molecule has 0 fully saturated rings. The van der Waals surface area contributed by atoms with Crippen molar-refractivity contribution < 1.29 is 9.32 Å². The van der Waals surface area contributed by atoms with Gasteiger partial charge < -0.3 is 9.09 Å². The summed E-state index contributed by atoms with van der Waals surface area (Å²) in [6.07, 6.45) is 1.61. The van der Waals surface area contributed by atoms with Crippen LogP contribution < -0.4 is 0 Å². The predicted octanol–water partition coefficient (Wildman–Crippen LogP) is 6.33. The molecular formula is C23H13Cl3N4O2. The van der Waals surface area contributed by atoms with Crippen LogP contribution in [0.3, 0.4) is 0 Å². The van der Waals surface area contributed by atoms with Crippen molar-refractivity contribution in [2.45, 2.75) is 6.54 Å². The van der Waals surface area contributed by atoms with Gasteiger partial charge in [0.1, 0.15) is 10.8 Å². The normalized spacial score (nSPS) is 11.2. The zero-order chi connectivity index (χ0) is 22.2. The fourth-order valence-corrected chi connectivity index (χ4v) is 4.29. The lowest BCUT2D eigenvalue weighted by Crippen LogP contribution is -2.04. The molecule has 6 nitrogen and oxygen atoms in total. The molecule has 0 radical (unpaired) electrons. The molecule has 0 aliphatic heterocycles. The highest BCUT2D eigenvalue weighted by Crippen LogP contribution is 2.34. The van der Waals surface area contributed by atoms with Crippen LogP contribution in [0, 0.1) is 0 Å². The quantitative estimate of drug-likeness (QED) is 0.273. The third-order valence-corrected chi connectivity index (χ3v) is 5.97. The highest BCUT2D eigenvalue weighted by molar-refractivity contribution is 6.37. The van der Waals surface area contributed by atoms with E-state index in [-0.39, 0.29) is 22.4 Å². The van der Waals surface area contributed by atoms with E-state index in [1.807, 2.05) is 34.9 Å². The molecule has 3 heterocycles. The van der Waals surface area contributed by atoms with E-state index in [4.69, 9.17) is 39.3 Å². The molecule has 0 aliphatic carbocycles. The van der Waals surface area contributed by atoms with Crippen LogP contribution in [0.2, 0.25) is 15.2 Å². The Bertz CT molecular complexity index is 1460. The van der Waals surface area contributed by atoms with Crippen molar-refractivity contribution >= 4 is 51.5 Å². The van der Waals surface area contributed by atoms with Gasteiger partial charge in [-0.3, -0.25) is 9.78 Å². The number of nitrogens with zero attached hydrogens (tertiary/aromatic N) is 4. The van der Waals surface area contributed by atoms with Gasteiger partial charge >= 0.3 is 0 Å². The summed E-state index contributed by atoms with van der Waals surface area (Å²) in [5, 5.41) is 5.86. The average molecular weight is 484 g/mol. The number of hydrogen-bond donors (Lipinski definition) is 0. The molecule has 0 saturated heterocycles. The summed E-state index contributed by atoms with van der Waals surface area (Å²) in [5.41, 5.74) is 2.37. The van der Waals surface area contributed by atoms with E-state index >= 15 is 0 Å². The summed E-state index contributed by atoms with van der Waals surface area (Å²) in [4.78, 5) is 21.8.